The number of urea groups is 1. The van der Waals surface area contributed by atoms with Crippen molar-refractivity contribution in [1.29, 1.82) is 0 Å². The van der Waals surface area contributed by atoms with Crippen LogP contribution in [-0.4, -0.2) is 17.1 Å². The van der Waals surface area contributed by atoms with Crippen LogP contribution < -0.4 is 10.6 Å². The summed E-state index contributed by atoms with van der Waals surface area (Å²) in [5.41, 5.74) is 2.19. The number of aryl methyl sites for hydroxylation is 1. The molecule has 0 fully saturated rings. The van der Waals surface area contributed by atoms with Crippen LogP contribution in [0.25, 0.3) is 11.0 Å². The summed E-state index contributed by atoms with van der Waals surface area (Å²) in [4.78, 5) is 22.8. The number of nitrogens with one attached hydrogen (secondary N) is 2. The highest BCUT2D eigenvalue weighted by molar-refractivity contribution is 6.01. The third-order valence-corrected chi connectivity index (χ3v) is 3.46. The topological polar surface area (TPSA) is 91.6 Å². The van der Waals surface area contributed by atoms with E-state index in [2.05, 4.69) is 10.6 Å². The van der Waals surface area contributed by atoms with Gasteiger partial charge in [0.1, 0.15) is 5.58 Å². The Labute approximate surface area is 131 Å². The number of furan rings is 1. The van der Waals surface area contributed by atoms with E-state index in [0.29, 0.717) is 17.2 Å². The van der Waals surface area contributed by atoms with Gasteiger partial charge in [-0.3, -0.25) is 5.32 Å². The van der Waals surface area contributed by atoms with Crippen LogP contribution in [0.3, 0.4) is 0 Å². The lowest BCUT2D eigenvalue weighted by Gasteiger charge is -2.06. The summed E-state index contributed by atoms with van der Waals surface area (Å²) >= 11 is 0. The fourth-order valence-electron chi connectivity index (χ4n) is 2.26. The minimum Gasteiger partial charge on any atom is -0.478 e. The van der Waals surface area contributed by atoms with Crippen molar-refractivity contribution in [1.82, 2.24) is 0 Å². The molecule has 0 bridgehead atoms. The molecule has 0 saturated carbocycles. The van der Waals surface area contributed by atoms with Gasteiger partial charge in [-0.25, -0.2) is 9.59 Å². The first-order valence-corrected chi connectivity index (χ1v) is 6.94. The van der Waals surface area contributed by atoms with Gasteiger partial charge in [0.05, 0.1) is 5.56 Å². The van der Waals surface area contributed by atoms with E-state index in [0.717, 1.165) is 10.9 Å². The molecule has 0 aliphatic rings. The van der Waals surface area contributed by atoms with Crippen molar-refractivity contribution in [2.24, 2.45) is 0 Å². The third kappa shape index (κ3) is 3.01. The Hall–Kier alpha value is -3.28. The van der Waals surface area contributed by atoms with Gasteiger partial charge in [0.25, 0.3) is 0 Å². The van der Waals surface area contributed by atoms with Crippen molar-refractivity contribution >= 4 is 34.5 Å². The van der Waals surface area contributed by atoms with E-state index in [-0.39, 0.29) is 5.56 Å². The standard InChI is InChI=1S/C17H14N2O4/c1-10-13-4-2-3-5-14(13)23-15(10)19-17(22)18-12-8-6-11(7-9-12)16(20)21/h2-9H,1H3,(H,20,21)(H2,18,19,22). The summed E-state index contributed by atoms with van der Waals surface area (Å²) in [6, 6.07) is 12.9. The lowest BCUT2D eigenvalue weighted by Crippen LogP contribution is -2.19. The van der Waals surface area contributed by atoms with Gasteiger partial charge >= 0.3 is 12.0 Å². The molecule has 3 N–H and O–H groups in total. The van der Waals surface area contributed by atoms with Crippen LogP contribution in [0.15, 0.2) is 52.9 Å². The fraction of sp³-hybridized carbons (Fsp3) is 0.0588. The number of rotatable bonds is 3. The van der Waals surface area contributed by atoms with Gasteiger partial charge in [-0.1, -0.05) is 18.2 Å². The monoisotopic (exact) mass is 310 g/mol. The molecule has 0 atom stereocenters. The molecular weight excluding hydrogens is 296 g/mol. The van der Waals surface area contributed by atoms with Crippen LogP contribution in [0.5, 0.6) is 0 Å². The molecule has 116 valence electrons. The number of benzene rings is 2. The summed E-state index contributed by atoms with van der Waals surface area (Å²) in [5.74, 6) is -0.634. The SMILES string of the molecule is Cc1c(NC(=O)Nc2ccc(C(=O)O)cc2)oc2ccccc12. The van der Waals surface area contributed by atoms with Gasteiger partial charge in [-0.15, -0.1) is 0 Å². The molecule has 2 aromatic carbocycles. The van der Waals surface area contributed by atoms with Crippen LogP contribution in [0.4, 0.5) is 16.4 Å². The lowest BCUT2D eigenvalue weighted by molar-refractivity contribution is 0.0697. The largest absolute Gasteiger partial charge is 0.478 e. The Balaban J connectivity index is 1.73. The van der Waals surface area contributed by atoms with Crippen LogP contribution in [-0.2, 0) is 0 Å². The molecule has 6 heteroatoms. The summed E-state index contributed by atoms with van der Waals surface area (Å²) in [6.45, 7) is 1.86. The van der Waals surface area contributed by atoms with Gasteiger partial charge in [0, 0.05) is 16.6 Å². The van der Waals surface area contributed by atoms with Crippen molar-refractivity contribution in [3.05, 3.63) is 59.7 Å². The molecule has 6 nitrogen and oxygen atoms in total. The third-order valence-electron chi connectivity index (χ3n) is 3.46. The Morgan fingerprint density at radius 2 is 1.70 bits per heavy atom. The molecule has 0 aliphatic carbocycles. The first-order chi connectivity index (χ1) is 11.0. The van der Waals surface area contributed by atoms with Gasteiger partial charge < -0.3 is 14.8 Å². The van der Waals surface area contributed by atoms with Gasteiger partial charge in [-0.05, 0) is 37.3 Å². The van der Waals surface area contributed by atoms with Gasteiger partial charge in [-0.2, -0.15) is 0 Å². The number of anilines is 2. The van der Waals surface area contributed by atoms with E-state index in [1.165, 1.54) is 24.3 Å². The summed E-state index contributed by atoms with van der Waals surface area (Å²) in [5, 5.41) is 15.1. The second kappa shape index (κ2) is 5.84. The highest BCUT2D eigenvalue weighted by Crippen LogP contribution is 2.28. The predicted molar refractivity (Wildman–Crippen MR) is 87.0 cm³/mol. The Morgan fingerprint density at radius 3 is 2.35 bits per heavy atom. The highest BCUT2D eigenvalue weighted by atomic mass is 16.4. The molecule has 1 heterocycles. The molecule has 0 unspecified atom stereocenters. The van der Waals surface area contributed by atoms with E-state index < -0.39 is 12.0 Å². The van der Waals surface area contributed by atoms with Crippen molar-refractivity contribution in [3.63, 3.8) is 0 Å². The maximum Gasteiger partial charge on any atom is 0.335 e. The number of aromatic carboxylic acids is 1. The summed E-state index contributed by atoms with van der Waals surface area (Å²) in [7, 11) is 0. The Morgan fingerprint density at radius 1 is 1.00 bits per heavy atom. The predicted octanol–water partition coefficient (Wildman–Crippen LogP) is 4.08. The lowest BCUT2D eigenvalue weighted by atomic mass is 10.2. The Kier molecular flexibility index (Phi) is 3.72. The Bertz CT molecular complexity index is 881. The second-order valence-corrected chi connectivity index (χ2v) is 5.01. The van der Waals surface area contributed by atoms with E-state index in [1.54, 1.807) is 0 Å². The van der Waals surface area contributed by atoms with Crippen molar-refractivity contribution in [2.45, 2.75) is 6.92 Å². The smallest absolute Gasteiger partial charge is 0.335 e. The molecule has 23 heavy (non-hydrogen) atoms. The van der Waals surface area contributed by atoms with E-state index in [9.17, 15) is 9.59 Å². The maximum atomic E-state index is 12.0. The van der Waals surface area contributed by atoms with Gasteiger partial charge in [0.15, 0.2) is 0 Å². The normalized spacial score (nSPS) is 10.5. The number of hydrogen-bond donors (Lipinski definition) is 3. The number of carboxylic acid groups (broad SMARTS) is 1. The molecule has 3 rings (SSSR count). The highest BCUT2D eigenvalue weighted by Gasteiger charge is 2.12. The first kappa shape index (κ1) is 14.6. The number of amides is 2. The maximum absolute atomic E-state index is 12.0. The van der Waals surface area contributed by atoms with Crippen LogP contribution in [0, 0.1) is 6.92 Å². The average Bonchev–Trinajstić information content (AvgIpc) is 2.84. The van der Waals surface area contributed by atoms with Crippen LogP contribution >= 0.6 is 0 Å². The average molecular weight is 310 g/mol. The number of fused-ring (bicyclic) bond motifs is 1. The van der Waals surface area contributed by atoms with E-state index in [4.69, 9.17) is 9.52 Å². The van der Waals surface area contributed by atoms with Gasteiger partial charge in [0.2, 0.25) is 5.88 Å². The second-order valence-electron chi connectivity index (χ2n) is 5.01. The fourth-order valence-corrected chi connectivity index (χ4v) is 2.26. The van der Waals surface area contributed by atoms with Crippen LogP contribution in [0.2, 0.25) is 0 Å². The molecule has 2 amide bonds. The number of hydrogen-bond acceptors (Lipinski definition) is 3. The molecular formula is C17H14N2O4. The zero-order valence-electron chi connectivity index (χ0n) is 12.3. The molecule has 0 spiro atoms. The first-order valence-electron chi connectivity index (χ1n) is 6.94. The molecule has 0 radical (unpaired) electrons. The summed E-state index contributed by atoms with van der Waals surface area (Å²) < 4.78 is 5.61. The molecule has 0 aliphatic heterocycles. The quantitative estimate of drug-likeness (QED) is 0.679. The molecule has 1 aromatic heterocycles. The number of carbonyl (C=O) groups excluding carboxylic acids is 1. The van der Waals surface area contributed by atoms with E-state index >= 15 is 0 Å². The minimum atomic E-state index is -1.01. The number of carboxylic acids is 1. The number of carbonyl (C=O) groups is 2. The molecule has 0 saturated heterocycles. The van der Waals surface area contributed by atoms with Crippen molar-refractivity contribution in [2.75, 3.05) is 10.6 Å². The molecule has 3 aromatic rings. The summed E-state index contributed by atoms with van der Waals surface area (Å²) in [6.07, 6.45) is 0. The van der Waals surface area contributed by atoms with Crippen molar-refractivity contribution in [3.8, 4) is 0 Å². The minimum absolute atomic E-state index is 0.157. The zero-order chi connectivity index (χ0) is 16.4. The van der Waals surface area contributed by atoms with Crippen LogP contribution in [0.1, 0.15) is 15.9 Å². The number of para-hydroxylation sites is 1. The van der Waals surface area contributed by atoms with Crippen molar-refractivity contribution < 1.29 is 19.1 Å². The van der Waals surface area contributed by atoms with E-state index in [1.807, 2.05) is 31.2 Å². The zero-order valence-corrected chi connectivity index (χ0v) is 12.3.